The van der Waals surface area contributed by atoms with E-state index in [1.165, 1.54) is 10.6 Å². The van der Waals surface area contributed by atoms with E-state index in [0.29, 0.717) is 33.0 Å². The van der Waals surface area contributed by atoms with Crippen molar-refractivity contribution in [2.75, 3.05) is 0 Å². The van der Waals surface area contributed by atoms with Crippen LogP contribution in [0.3, 0.4) is 0 Å². The van der Waals surface area contributed by atoms with Gasteiger partial charge in [-0.1, -0.05) is 48.0 Å². The Bertz CT molecular complexity index is 1330. The monoisotopic (exact) mass is 403 g/mol. The lowest BCUT2D eigenvalue weighted by atomic mass is 10.1. The Kier molecular flexibility index (Phi) is 4.93. The Morgan fingerprint density at radius 3 is 2.41 bits per heavy atom. The van der Waals surface area contributed by atoms with Crippen LogP contribution in [0, 0.1) is 10.1 Å². The fourth-order valence-electron chi connectivity index (χ4n) is 3.09. The first-order valence-corrected chi connectivity index (χ1v) is 9.12. The molecule has 7 heteroatoms. The summed E-state index contributed by atoms with van der Waals surface area (Å²) in [5, 5.41) is 12.1. The molecular weight excluding hydrogens is 390 g/mol. The van der Waals surface area contributed by atoms with Gasteiger partial charge in [-0.2, -0.15) is 0 Å². The van der Waals surface area contributed by atoms with Gasteiger partial charge >= 0.3 is 0 Å². The van der Waals surface area contributed by atoms with Gasteiger partial charge in [-0.15, -0.1) is 0 Å². The summed E-state index contributed by atoms with van der Waals surface area (Å²) in [7, 11) is 0. The van der Waals surface area contributed by atoms with Crippen LogP contribution in [0.4, 0.5) is 5.69 Å². The van der Waals surface area contributed by atoms with Crippen molar-refractivity contribution in [3.8, 4) is 5.69 Å². The van der Waals surface area contributed by atoms with Crippen molar-refractivity contribution in [3.05, 3.63) is 110 Å². The maximum Gasteiger partial charge on any atom is 0.276 e. The Morgan fingerprint density at radius 1 is 0.931 bits per heavy atom. The summed E-state index contributed by atoms with van der Waals surface area (Å²) >= 11 is 6.34. The average Bonchev–Trinajstić information content (AvgIpc) is 2.73. The van der Waals surface area contributed by atoms with E-state index in [1.807, 2.05) is 0 Å². The fourth-order valence-corrected chi connectivity index (χ4v) is 3.31. The molecule has 0 aliphatic rings. The topological polar surface area (TPSA) is 78.0 Å². The van der Waals surface area contributed by atoms with E-state index in [9.17, 15) is 14.9 Å². The Labute approximate surface area is 170 Å². The van der Waals surface area contributed by atoms with Crippen LogP contribution in [0.15, 0.2) is 77.6 Å². The second-order valence-corrected chi connectivity index (χ2v) is 6.64. The molecule has 1 aromatic heterocycles. The molecule has 3 aromatic carbocycles. The molecule has 0 fully saturated rings. The molecule has 142 valence electrons. The van der Waals surface area contributed by atoms with Gasteiger partial charge in [-0.25, -0.2) is 4.98 Å². The molecule has 0 aliphatic carbocycles. The lowest BCUT2D eigenvalue weighted by Crippen LogP contribution is -2.22. The van der Waals surface area contributed by atoms with Crippen molar-refractivity contribution in [1.82, 2.24) is 9.55 Å². The zero-order valence-corrected chi connectivity index (χ0v) is 15.8. The van der Waals surface area contributed by atoms with Gasteiger partial charge in [0, 0.05) is 6.07 Å². The predicted octanol–water partition coefficient (Wildman–Crippen LogP) is 5.12. The molecule has 0 bridgehead atoms. The summed E-state index contributed by atoms with van der Waals surface area (Å²) in [4.78, 5) is 28.6. The van der Waals surface area contributed by atoms with Crippen LogP contribution >= 0.6 is 11.6 Å². The first-order chi connectivity index (χ1) is 14.1. The number of aromatic nitrogens is 2. The second kappa shape index (κ2) is 7.69. The Hall–Kier alpha value is -3.77. The van der Waals surface area contributed by atoms with Gasteiger partial charge in [0.2, 0.25) is 0 Å². The summed E-state index contributed by atoms with van der Waals surface area (Å²) in [6.07, 6.45) is 3.15. The third kappa shape index (κ3) is 3.53. The fraction of sp³-hybridized carbons (Fsp3) is 0. The minimum Gasteiger partial charge on any atom is -0.268 e. The molecule has 0 aliphatic heterocycles. The molecule has 0 unspecified atom stereocenters. The number of benzene rings is 3. The molecular formula is C22H14ClN3O3. The van der Waals surface area contributed by atoms with Crippen molar-refractivity contribution >= 4 is 40.3 Å². The van der Waals surface area contributed by atoms with Crippen molar-refractivity contribution in [2.45, 2.75) is 0 Å². The molecule has 0 saturated heterocycles. The third-order valence-corrected chi connectivity index (χ3v) is 4.76. The highest BCUT2D eigenvalue weighted by molar-refractivity contribution is 6.32. The average molecular weight is 404 g/mol. The number of hydrogen-bond acceptors (Lipinski definition) is 4. The number of para-hydroxylation sites is 3. The van der Waals surface area contributed by atoms with E-state index in [-0.39, 0.29) is 11.2 Å². The third-order valence-electron chi connectivity index (χ3n) is 4.44. The van der Waals surface area contributed by atoms with Gasteiger partial charge in [0.25, 0.3) is 11.2 Å². The molecule has 4 aromatic rings. The molecule has 6 nitrogen and oxygen atoms in total. The van der Waals surface area contributed by atoms with E-state index in [2.05, 4.69) is 4.98 Å². The van der Waals surface area contributed by atoms with E-state index in [1.54, 1.807) is 78.9 Å². The van der Waals surface area contributed by atoms with Crippen molar-refractivity contribution in [2.24, 2.45) is 0 Å². The van der Waals surface area contributed by atoms with Crippen LogP contribution in [-0.4, -0.2) is 14.5 Å². The summed E-state index contributed by atoms with van der Waals surface area (Å²) in [5.41, 5.74) is 1.12. The van der Waals surface area contributed by atoms with Gasteiger partial charge in [0.15, 0.2) is 0 Å². The Balaban J connectivity index is 1.97. The highest BCUT2D eigenvalue weighted by atomic mass is 35.5. The molecule has 0 amide bonds. The van der Waals surface area contributed by atoms with Crippen LogP contribution in [0.25, 0.3) is 28.7 Å². The molecule has 0 radical (unpaired) electrons. The highest BCUT2D eigenvalue weighted by Crippen LogP contribution is 2.23. The number of nitro groups is 1. The lowest BCUT2D eigenvalue weighted by molar-refractivity contribution is -0.385. The van der Waals surface area contributed by atoms with Gasteiger partial charge in [0.1, 0.15) is 5.82 Å². The predicted molar refractivity (Wildman–Crippen MR) is 114 cm³/mol. The van der Waals surface area contributed by atoms with Crippen LogP contribution < -0.4 is 5.56 Å². The summed E-state index contributed by atoms with van der Waals surface area (Å²) < 4.78 is 1.41. The highest BCUT2D eigenvalue weighted by Gasteiger charge is 2.14. The molecule has 0 spiro atoms. The van der Waals surface area contributed by atoms with Gasteiger partial charge in [-0.3, -0.25) is 19.5 Å². The van der Waals surface area contributed by atoms with E-state index in [0.717, 1.165) is 0 Å². The largest absolute Gasteiger partial charge is 0.276 e. The van der Waals surface area contributed by atoms with Gasteiger partial charge in [0.05, 0.1) is 32.1 Å². The van der Waals surface area contributed by atoms with Crippen LogP contribution in [0.2, 0.25) is 5.02 Å². The maximum absolute atomic E-state index is 13.2. The van der Waals surface area contributed by atoms with Gasteiger partial charge < -0.3 is 0 Å². The summed E-state index contributed by atoms with van der Waals surface area (Å²) in [6, 6.07) is 20.3. The number of hydrogen-bond donors (Lipinski definition) is 0. The van der Waals surface area contributed by atoms with E-state index in [4.69, 9.17) is 11.6 Å². The number of halogens is 1. The number of nitrogens with zero attached hydrogens (tertiary/aromatic N) is 3. The van der Waals surface area contributed by atoms with Gasteiger partial charge in [-0.05, 0) is 42.5 Å². The van der Waals surface area contributed by atoms with Crippen molar-refractivity contribution < 1.29 is 4.92 Å². The smallest absolute Gasteiger partial charge is 0.268 e. The number of fused-ring (bicyclic) bond motifs is 1. The van der Waals surface area contributed by atoms with Crippen molar-refractivity contribution in [3.63, 3.8) is 0 Å². The van der Waals surface area contributed by atoms with Crippen molar-refractivity contribution in [1.29, 1.82) is 0 Å². The minimum absolute atomic E-state index is 0.0313. The first kappa shape index (κ1) is 18.6. The quantitative estimate of drug-likeness (QED) is 0.350. The molecule has 1 heterocycles. The standard InChI is InChI=1S/C22H14ClN3O3/c23-17-9-3-6-12-20(17)25-21(24-18-10-4-2-8-16(18)22(25)27)14-13-15-7-1-5-11-19(15)26(28)29/h1-14H/b14-13+. The lowest BCUT2D eigenvalue weighted by Gasteiger charge is -2.12. The van der Waals surface area contributed by atoms with Crippen LogP contribution in [0.1, 0.15) is 11.4 Å². The molecule has 0 saturated carbocycles. The molecule has 4 rings (SSSR count). The molecule has 0 N–H and O–H groups in total. The maximum atomic E-state index is 13.2. The van der Waals surface area contributed by atoms with E-state index < -0.39 is 4.92 Å². The normalized spacial score (nSPS) is 11.2. The second-order valence-electron chi connectivity index (χ2n) is 6.23. The first-order valence-electron chi connectivity index (χ1n) is 8.74. The Morgan fingerprint density at radius 2 is 1.62 bits per heavy atom. The zero-order chi connectivity index (χ0) is 20.4. The van der Waals surface area contributed by atoms with Crippen LogP contribution in [-0.2, 0) is 0 Å². The zero-order valence-electron chi connectivity index (χ0n) is 15.0. The molecule has 0 atom stereocenters. The van der Waals surface area contributed by atoms with E-state index >= 15 is 0 Å². The number of nitro benzene ring substituents is 1. The SMILES string of the molecule is O=c1c2ccccc2nc(/C=C/c2ccccc2[N+](=O)[O-])n1-c1ccccc1Cl. The number of rotatable bonds is 4. The summed E-state index contributed by atoms with van der Waals surface area (Å²) in [5.74, 6) is 0.319. The van der Waals surface area contributed by atoms with Crippen LogP contribution in [0.5, 0.6) is 0 Å². The minimum atomic E-state index is -0.450. The summed E-state index contributed by atoms with van der Waals surface area (Å²) in [6.45, 7) is 0. The molecule has 29 heavy (non-hydrogen) atoms.